The van der Waals surface area contributed by atoms with Crippen molar-refractivity contribution < 1.29 is 9.26 Å². The number of halogens is 1. The molecule has 122 valence electrons. The van der Waals surface area contributed by atoms with Crippen LogP contribution in [0, 0.1) is 0 Å². The summed E-state index contributed by atoms with van der Waals surface area (Å²) in [5.41, 5.74) is 9.07. The highest BCUT2D eigenvalue weighted by Crippen LogP contribution is 2.30. The van der Waals surface area contributed by atoms with Gasteiger partial charge in [-0.3, -0.25) is 0 Å². The number of ether oxygens (including phenoxy) is 1. The first-order valence-corrected chi connectivity index (χ1v) is 7.98. The second-order valence-corrected chi connectivity index (χ2v) is 6.22. The number of nitrogen functional groups attached to an aromatic ring is 1. The van der Waals surface area contributed by atoms with E-state index in [1.807, 2.05) is 46.0 Å². The second-order valence-electron chi connectivity index (χ2n) is 5.81. The number of hydrogen-bond donors (Lipinski definition) is 1. The highest BCUT2D eigenvalue weighted by atomic mass is 35.5. The van der Waals surface area contributed by atoms with Crippen LogP contribution in [0.1, 0.15) is 13.8 Å². The maximum atomic E-state index is 6.26. The molecule has 0 spiro atoms. The van der Waals surface area contributed by atoms with Crippen molar-refractivity contribution in [3.05, 3.63) is 41.4 Å². The highest BCUT2D eigenvalue weighted by molar-refractivity contribution is 6.36. The van der Waals surface area contributed by atoms with Crippen molar-refractivity contribution >= 4 is 30.6 Å². The van der Waals surface area contributed by atoms with Gasteiger partial charge in [0.1, 0.15) is 13.6 Å². The van der Waals surface area contributed by atoms with Gasteiger partial charge in [-0.15, -0.1) is 0 Å². The molecule has 5 nitrogen and oxygen atoms in total. The van der Waals surface area contributed by atoms with E-state index >= 15 is 0 Å². The topological polar surface area (TPSA) is 74.2 Å². The van der Waals surface area contributed by atoms with E-state index in [9.17, 15) is 0 Å². The molecule has 0 aliphatic carbocycles. The molecular weight excluding hydrogens is 324 g/mol. The Morgan fingerprint density at radius 3 is 2.67 bits per heavy atom. The summed E-state index contributed by atoms with van der Waals surface area (Å²) in [6.07, 6.45) is 0.0543. The summed E-state index contributed by atoms with van der Waals surface area (Å²) < 4.78 is 11.0. The highest BCUT2D eigenvalue weighted by Gasteiger charge is 2.14. The molecule has 0 radical (unpaired) electrons. The summed E-state index contributed by atoms with van der Waals surface area (Å²) >= 11 is 6.26. The van der Waals surface area contributed by atoms with Gasteiger partial charge in [0.25, 0.3) is 5.89 Å². The Balaban J connectivity index is 1.92. The third kappa shape index (κ3) is 3.38. The van der Waals surface area contributed by atoms with Gasteiger partial charge >= 0.3 is 0 Å². The minimum atomic E-state index is 0.0543. The number of nitrogens with two attached hydrogens (primary N) is 1. The molecule has 0 saturated heterocycles. The predicted octanol–water partition coefficient (Wildman–Crippen LogP) is 2.68. The molecule has 0 atom stereocenters. The van der Waals surface area contributed by atoms with Crippen LogP contribution >= 0.6 is 11.6 Å². The van der Waals surface area contributed by atoms with Crippen LogP contribution in [-0.4, -0.2) is 24.1 Å². The Morgan fingerprint density at radius 2 is 2.00 bits per heavy atom. The molecule has 0 aliphatic rings. The number of aromatic nitrogens is 2. The van der Waals surface area contributed by atoms with Crippen LogP contribution in [0.2, 0.25) is 5.02 Å². The van der Waals surface area contributed by atoms with Crippen molar-refractivity contribution in [3.63, 3.8) is 0 Å². The lowest BCUT2D eigenvalue weighted by molar-refractivity contribution is 0.242. The molecule has 3 aromatic rings. The molecule has 0 aliphatic heterocycles. The Labute approximate surface area is 146 Å². The summed E-state index contributed by atoms with van der Waals surface area (Å²) in [7, 11) is 1.95. The van der Waals surface area contributed by atoms with Crippen LogP contribution in [0.3, 0.4) is 0 Å². The zero-order valence-electron chi connectivity index (χ0n) is 13.7. The molecule has 1 heterocycles. The van der Waals surface area contributed by atoms with E-state index in [1.165, 1.54) is 0 Å². The van der Waals surface area contributed by atoms with Crippen LogP contribution in [0.4, 0.5) is 5.69 Å². The zero-order chi connectivity index (χ0) is 17.3. The van der Waals surface area contributed by atoms with Gasteiger partial charge in [-0.05, 0) is 50.2 Å². The van der Waals surface area contributed by atoms with E-state index in [-0.39, 0.29) is 6.10 Å². The molecule has 0 unspecified atom stereocenters. The van der Waals surface area contributed by atoms with Crippen LogP contribution in [0.25, 0.3) is 22.8 Å². The van der Waals surface area contributed by atoms with Gasteiger partial charge in [-0.2, -0.15) is 4.98 Å². The molecule has 24 heavy (non-hydrogen) atoms. The molecule has 7 heteroatoms. The zero-order valence-corrected chi connectivity index (χ0v) is 14.5. The summed E-state index contributed by atoms with van der Waals surface area (Å²) in [6, 6.07) is 11.0. The third-order valence-electron chi connectivity index (χ3n) is 3.46. The van der Waals surface area contributed by atoms with Crippen molar-refractivity contribution in [1.29, 1.82) is 0 Å². The van der Waals surface area contributed by atoms with Gasteiger partial charge in [0.2, 0.25) is 5.82 Å². The van der Waals surface area contributed by atoms with Crippen molar-refractivity contribution in [2.24, 2.45) is 0 Å². The van der Waals surface area contributed by atoms with Gasteiger partial charge in [0.15, 0.2) is 0 Å². The number of nitrogens with zero attached hydrogens (tertiary/aromatic N) is 2. The third-order valence-corrected chi connectivity index (χ3v) is 3.76. The summed E-state index contributed by atoms with van der Waals surface area (Å²) in [6.45, 7) is 3.90. The van der Waals surface area contributed by atoms with Gasteiger partial charge in [-0.25, -0.2) is 0 Å². The van der Waals surface area contributed by atoms with Gasteiger partial charge in [-0.1, -0.05) is 22.2 Å². The largest absolute Gasteiger partial charge is 0.489 e. The molecule has 0 bridgehead atoms. The van der Waals surface area contributed by atoms with Crippen LogP contribution in [0.5, 0.6) is 5.75 Å². The van der Waals surface area contributed by atoms with E-state index in [0.29, 0.717) is 28.2 Å². The number of anilines is 1. The quantitative estimate of drug-likeness (QED) is 0.583. The minimum Gasteiger partial charge on any atom is -0.489 e. The van der Waals surface area contributed by atoms with Crippen molar-refractivity contribution in [1.82, 2.24) is 10.1 Å². The lowest BCUT2D eigenvalue weighted by Crippen LogP contribution is -2.07. The average Bonchev–Trinajstić information content (AvgIpc) is 2.98. The molecular formula is C17H17BClN3O2. The normalized spacial score (nSPS) is 11.0. The average molecular weight is 342 g/mol. The SMILES string of the molecule is Bc1cc(N)ccc1-c1nc(-c2ccc(OC(C)C)c(Cl)c2)no1. The van der Waals surface area contributed by atoms with Crippen LogP contribution in [0.15, 0.2) is 40.9 Å². The smallest absolute Gasteiger partial charge is 0.257 e. The lowest BCUT2D eigenvalue weighted by atomic mass is 9.90. The summed E-state index contributed by atoms with van der Waals surface area (Å²) in [5, 5.41) is 4.55. The number of rotatable bonds is 4. The Hall–Kier alpha value is -2.47. The molecule has 1 aromatic heterocycles. The first-order chi connectivity index (χ1) is 11.4. The van der Waals surface area contributed by atoms with Gasteiger partial charge in [0, 0.05) is 16.8 Å². The number of benzene rings is 2. The Kier molecular flexibility index (Phi) is 4.49. The Bertz CT molecular complexity index is 880. The first-order valence-electron chi connectivity index (χ1n) is 7.61. The standard InChI is InChI=1S/C17H17BClN3O2/c1-9(2)23-15-6-3-10(7-14(15)19)16-21-17(24-22-16)12-5-4-11(20)8-13(12)18/h3-9H,18,20H2,1-2H3. The number of hydrogen-bond acceptors (Lipinski definition) is 5. The van der Waals surface area contributed by atoms with E-state index in [1.54, 1.807) is 12.1 Å². The van der Waals surface area contributed by atoms with Crippen LogP contribution in [-0.2, 0) is 0 Å². The van der Waals surface area contributed by atoms with Crippen molar-refractivity contribution in [2.75, 3.05) is 5.73 Å². The molecule has 2 aromatic carbocycles. The maximum absolute atomic E-state index is 6.26. The van der Waals surface area contributed by atoms with Crippen molar-refractivity contribution in [3.8, 4) is 28.6 Å². The molecule has 3 rings (SSSR count). The fourth-order valence-corrected chi connectivity index (χ4v) is 2.59. The first kappa shape index (κ1) is 16.4. The molecule has 0 amide bonds. The fourth-order valence-electron chi connectivity index (χ4n) is 2.37. The second kappa shape index (κ2) is 6.57. The van der Waals surface area contributed by atoms with E-state index in [0.717, 1.165) is 16.6 Å². The maximum Gasteiger partial charge on any atom is 0.257 e. The van der Waals surface area contributed by atoms with E-state index < -0.39 is 0 Å². The summed E-state index contributed by atoms with van der Waals surface area (Å²) in [5.74, 6) is 1.55. The summed E-state index contributed by atoms with van der Waals surface area (Å²) in [4.78, 5) is 4.45. The lowest BCUT2D eigenvalue weighted by Gasteiger charge is -2.11. The predicted molar refractivity (Wildman–Crippen MR) is 98.5 cm³/mol. The monoisotopic (exact) mass is 341 g/mol. The molecule has 0 saturated carbocycles. The van der Waals surface area contributed by atoms with Crippen LogP contribution < -0.4 is 15.9 Å². The molecule has 0 fully saturated rings. The van der Waals surface area contributed by atoms with E-state index in [4.69, 9.17) is 26.6 Å². The Morgan fingerprint density at radius 1 is 1.21 bits per heavy atom. The van der Waals surface area contributed by atoms with Crippen molar-refractivity contribution in [2.45, 2.75) is 20.0 Å². The van der Waals surface area contributed by atoms with Gasteiger partial charge < -0.3 is 15.0 Å². The minimum absolute atomic E-state index is 0.0543. The van der Waals surface area contributed by atoms with E-state index in [2.05, 4.69) is 10.1 Å². The fraction of sp³-hybridized carbons (Fsp3) is 0.176. The van der Waals surface area contributed by atoms with Gasteiger partial charge in [0.05, 0.1) is 11.1 Å². The molecule has 2 N–H and O–H groups in total.